The molecule has 0 bridgehead atoms. The molecule has 75 heavy (non-hydrogen) atoms. The van der Waals surface area contributed by atoms with Crippen molar-refractivity contribution in [1.82, 2.24) is 4.57 Å². The quantitative estimate of drug-likeness (QED) is 0.164. The fraction of sp³-hybridized carbons (Fsp3) is 0.229. The number of furan rings is 1. The minimum atomic E-state index is -0.164. The average molecular weight is 976 g/mol. The number of anilines is 6. The zero-order chi connectivity index (χ0) is 52.2. The highest BCUT2D eigenvalue weighted by atomic mass is 16.3. The second-order valence-electron chi connectivity index (χ2n) is 24.9. The van der Waals surface area contributed by atoms with Crippen molar-refractivity contribution in [2.45, 2.75) is 106 Å². The Hall–Kier alpha value is -7.76. The summed E-state index contributed by atoms with van der Waals surface area (Å²) in [5, 5.41) is 4.81. The third-order valence-electron chi connectivity index (χ3n) is 16.7. The topological polar surface area (TPSA) is 24.6 Å². The first-order chi connectivity index (χ1) is 35.8. The Balaban J connectivity index is 1.13. The number of fused-ring (bicyclic) bond motifs is 10. The molecule has 0 spiro atoms. The van der Waals surface area contributed by atoms with Gasteiger partial charge in [0.1, 0.15) is 11.2 Å². The smallest absolute Gasteiger partial charge is 0.252 e. The van der Waals surface area contributed by atoms with Crippen LogP contribution in [0.2, 0.25) is 0 Å². The Bertz CT molecular complexity index is 4140. The maximum absolute atomic E-state index is 6.59. The van der Waals surface area contributed by atoms with Crippen LogP contribution in [0, 0.1) is 27.7 Å². The van der Waals surface area contributed by atoms with Crippen LogP contribution in [0.5, 0.6) is 0 Å². The zero-order valence-corrected chi connectivity index (χ0v) is 45.9. The molecular weight excluding hydrogens is 910 g/mol. The van der Waals surface area contributed by atoms with Crippen LogP contribution in [0.3, 0.4) is 0 Å². The largest absolute Gasteiger partial charge is 0.455 e. The molecule has 0 saturated heterocycles. The molecule has 0 amide bonds. The van der Waals surface area contributed by atoms with E-state index in [0.717, 1.165) is 38.8 Å². The fourth-order valence-electron chi connectivity index (χ4n) is 12.8. The van der Waals surface area contributed by atoms with Gasteiger partial charge in [0.25, 0.3) is 6.71 Å². The van der Waals surface area contributed by atoms with Gasteiger partial charge in [0, 0.05) is 55.5 Å². The average Bonchev–Trinajstić information content (AvgIpc) is 3.91. The van der Waals surface area contributed by atoms with Crippen LogP contribution in [0.25, 0.3) is 60.6 Å². The Morgan fingerprint density at radius 3 is 1.67 bits per heavy atom. The van der Waals surface area contributed by atoms with Crippen molar-refractivity contribution in [3.8, 4) is 16.8 Å². The number of para-hydroxylation sites is 4. The normalized spacial score (nSPS) is 13.6. The first-order valence-electron chi connectivity index (χ1n) is 27.0. The summed E-state index contributed by atoms with van der Waals surface area (Å²) in [6.45, 7) is 30.3. The summed E-state index contributed by atoms with van der Waals surface area (Å²) >= 11 is 0. The minimum Gasteiger partial charge on any atom is -0.455 e. The van der Waals surface area contributed by atoms with Gasteiger partial charge in [-0.05, 0) is 153 Å². The van der Waals surface area contributed by atoms with Crippen molar-refractivity contribution in [3.63, 3.8) is 0 Å². The van der Waals surface area contributed by atoms with Crippen LogP contribution in [0.4, 0.5) is 34.1 Å². The highest BCUT2D eigenvalue weighted by Gasteiger charge is 2.45. The minimum absolute atomic E-state index is 0.00806. The van der Waals surface area contributed by atoms with Crippen LogP contribution in [0.15, 0.2) is 168 Å². The second-order valence-corrected chi connectivity index (χ2v) is 24.9. The maximum Gasteiger partial charge on any atom is 0.252 e. The van der Waals surface area contributed by atoms with Crippen LogP contribution in [-0.4, -0.2) is 11.3 Å². The number of benzene rings is 9. The molecule has 0 N–H and O–H groups in total. The van der Waals surface area contributed by atoms with Gasteiger partial charge in [0.2, 0.25) is 0 Å². The van der Waals surface area contributed by atoms with E-state index in [1.807, 2.05) is 6.07 Å². The maximum atomic E-state index is 6.59. The molecule has 370 valence electrons. The molecule has 5 heteroatoms. The third-order valence-corrected chi connectivity index (χ3v) is 16.7. The van der Waals surface area contributed by atoms with E-state index < -0.39 is 0 Å². The van der Waals surface area contributed by atoms with E-state index in [4.69, 9.17) is 4.42 Å². The molecule has 4 nitrogen and oxygen atoms in total. The molecule has 0 unspecified atom stereocenters. The predicted molar refractivity (Wildman–Crippen MR) is 323 cm³/mol. The molecule has 2 aliphatic rings. The third kappa shape index (κ3) is 7.17. The number of aromatic nitrogens is 1. The van der Waals surface area contributed by atoms with Gasteiger partial charge >= 0.3 is 0 Å². The molecule has 0 atom stereocenters. The number of nitrogens with zero attached hydrogens (tertiary/aromatic N) is 3. The number of hydrogen-bond acceptors (Lipinski definition) is 3. The summed E-state index contributed by atoms with van der Waals surface area (Å²) in [7, 11) is 0. The first-order valence-corrected chi connectivity index (χ1v) is 27.0. The Labute approximate surface area is 443 Å². The molecule has 9 aromatic carbocycles. The fourth-order valence-corrected chi connectivity index (χ4v) is 12.8. The molecule has 2 aliphatic heterocycles. The van der Waals surface area contributed by atoms with Crippen LogP contribution >= 0.6 is 0 Å². The van der Waals surface area contributed by atoms with E-state index in [1.54, 1.807) is 0 Å². The van der Waals surface area contributed by atoms with Gasteiger partial charge < -0.3 is 18.8 Å². The SMILES string of the molecule is Cc1cc(C(C)(C)C)cc(C)c1N1c2cc3c(cc2B2c4cc(C(C)(C)C)ccc4N(c4ccc(-c5cccc6c5oc5ccccc56)cc4)c4cc(C(C)(C)C)cc1c42)c1ccccc1n3-c1c(C)cccc1C. The van der Waals surface area contributed by atoms with Crippen molar-refractivity contribution in [2.24, 2.45) is 0 Å². The summed E-state index contributed by atoms with van der Waals surface area (Å²) in [6.07, 6.45) is 0. The van der Waals surface area contributed by atoms with Crippen molar-refractivity contribution in [2.75, 3.05) is 9.80 Å². The van der Waals surface area contributed by atoms with E-state index in [1.165, 1.54) is 111 Å². The molecule has 0 saturated carbocycles. The summed E-state index contributed by atoms with van der Waals surface area (Å²) in [6, 6.07) is 62.3. The standard InChI is InChI=1S/C70H66BN3O/c1-41-20-18-21-42(2)65(41)73-57-26-16-14-22-51(57)54-39-56-60(40-59(54)73)74(66-43(3)34-47(35-44(66)4)69(8,9)10)62-38-48(70(11,12)13)37-61-64(62)71(56)55-36-46(68(5,6)7)30-33-58(55)72(61)49-31-28-45(29-32-49)50-24-19-25-53-52-23-15-17-27-63(52)75-67(50)53/h14-40H,1-13H3. The summed E-state index contributed by atoms with van der Waals surface area (Å²) in [5.41, 5.74) is 27.8. The zero-order valence-electron chi connectivity index (χ0n) is 45.9. The van der Waals surface area contributed by atoms with Gasteiger partial charge in [0.05, 0.1) is 22.4 Å². The van der Waals surface area contributed by atoms with Crippen LogP contribution in [-0.2, 0) is 16.2 Å². The molecule has 2 aromatic heterocycles. The summed E-state index contributed by atoms with van der Waals surface area (Å²) in [4.78, 5) is 5.26. The highest BCUT2D eigenvalue weighted by Crippen LogP contribution is 2.50. The van der Waals surface area contributed by atoms with E-state index in [-0.39, 0.29) is 23.0 Å². The lowest BCUT2D eigenvalue weighted by Crippen LogP contribution is -2.61. The van der Waals surface area contributed by atoms with E-state index in [0.29, 0.717) is 0 Å². The monoisotopic (exact) mass is 976 g/mol. The lowest BCUT2D eigenvalue weighted by molar-refractivity contribution is 0.589. The van der Waals surface area contributed by atoms with Gasteiger partial charge in [-0.2, -0.15) is 0 Å². The van der Waals surface area contributed by atoms with E-state index >= 15 is 0 Å². The Morgan fingerprint density at radius 1 is 0.400 bits per heavy atom. The molecule has 0 fully saturated rings. The summed E-state index contributed by atoms with van der Waals surface area (Å²) < 4.78 is 9.14. The lowest BCUT2D eigenvalue weighted by Gasteiger charge is -2.46. The predicted octanol–water partition coefficient (Wildman–Crippen LogP) is 17.6. The van der Waals surface area contributed by atoms with E-state index in [2.05, 4.69) is 262 Å². The molecular formula is C70H66BN3O. The van der Waals surface area contributed by atoms with Crippen LogP contribution in [0.1, 0.15) is 101 Å². The van der Waals surface area contributed by atoms with Gasteiger partial charge in [0.15, 0.2) is 0 Å². The van der Waals surface area contributed by atoms with Crippen molar-refractivity contribution in [3.05, 3.63) is 203 Å². The summed E-state index contributed by atoms with van der Waals surface area (Å²) in [5.74, 6) is 0. The van der Waals surface area contributed by atoms with Crippen LogP contribution < -0.4 is 26.2 Å². The Kier molecular flexibility index (Phi) is 10.3. The molecule has 0 aliphatic carbocycles. The second kappa shape index (κ2) is 16.4. The number of rotatable bonds is 4. The molecule has 11 aromatic rings. The van der Waals surface area contributed by atoms with Gasteiger partial charge in [-0.25, -0.2) is 0 Å². The molecule has 0 radical (unpaired) electrons. The van der Waals surface area contributed by atoms with Crippen molar-refractivity contribution >= 4 is 101 Å². The Morgan fingerprint density at radius 2 is 0.987 bits per heavy atom. The number of hydrogen-bond donors (Lipinski definition) is 0. The first kappa shape index (κ1) is 47.0. The van der Waals surface area contributed by atoms with Gasteiger partial charge in [-0.3, -0.25) is 0 Å². The lowest BCUT2D eigenvalue weighted by atomic mass is 9.33. The van der Waals surface area contributed by atoms with Gasteiger partial charge in [-0.15, -0.1) is 0 Å². The van der Waals surface area contributed by atoms with E-state index in [9.17, 15) is 0 Å². The highest BCUT2D eigenvalue weighted by molar-refractivity contribution is 7.00. The molecule has 4 heterocycles. The van der Waals surface area contributed by atoms with Gasteiger partial charge in [-0.1, -0.05) is 178 Å². The molecule has 13 rings (SSSR count). The number of aryl methyl sites for hydroxylation is 4. The van der Waals surface area contributed by atoms with Crippen molar-refractivity contribution < 1.29 is 4.42 Å². The van der Waals surface area contributed by atoms with Crippen molar-refractivity contribution in [1.29, 1.82) is 0 Å².